The summed E-state index contributed by atoms with van der Waals surface area (Å²) in [5.41, 5.74) is 0.407. The lowest BCUT2D eigenvalue weighted by atomic mass is 10.2. The van der Waals surface area contributed by atoms with Crippen molar-refractivity contribution in [1.82, 2.24) is 0 Å². The Hall–Kier alpha value is -1.78. The summed E-state index contributed by atoms with van der Waals surface area (Å²) in [6, 6.07) is 10.8. The minimum absolute atomic E-state index is 0.0541. The molecule has 0 aliphatic heterocycles. The average molecular weight is 342 g/mol. The molecule has 0 bridgehead atoms. The highest BCUT2D eigenvalue weighted by molar-refractivity contribution is 6.31. The molecule has 0 aromatic heterocycles. The second kappa shape index (κ2) is 7.47. The van der Waals surface area contributed by atoms with Crippen LogP contribution in [0.1, 0.15) is 13.3 Å². The van der Waals surface area contributed by atoms with E-state index in [0.717, 1.165) is 0 Å². The zero-order chi connectivity index (χ0) is 16.1. The van der Waals surface area contributed by atoms with Gasteiger partial charge in [0.05, 0.1) is 5.02 Å². The molecule has 0 aliphatic rings. The van der Waals surface area contributed by atoms with Crippen LogP contribution in [0.15, 0.2) is 42.5 Å². The first-order chi connectivity index (χ1) is 10.5. The second-order valence-corrected chi connectivity index (χ2v) is 5.43. The van der Waals surface area contributed by atoms with E-state index in [4.69, 9.17) is 27.9 Å². The smallest absolute Gasteiger partial charge is 0.265 e. The summed E-state index contributed by atoms with van der Waals surface area (Å²) < 4.78 is 18.7. The molecule has 6 heteroatoms. The van der Waals surface area contributed by atoms with Crippen LogP contribution in [0.3, 0.4) is 0 Å². The first kappa shape index (κ1) is 16.6. The van der Waals surface area contributed by atoms with Gasteiger partial charge in [0.1, 0.15) is 11.6 Å². The van der Waals surface area contributed by atoms with Crippen molar-refractivity contribution < 1.29 is 13.9 Å². The maximum Gasteiger partial charge on any atom is 0.265 e. The molecule has 2 aromatic carbocycles. The van der Waals surface area contributed by atoms with Crippen molar-refractivity contribution in [3.05, 3.63) is 58.3 Å². The predicted octanol–water partition coefficient (Wildman–Crippen LogP) is 4.93. The van der Waals surface area contributed by atoms with E-state index in [-0.39, 0.29) is 10.9 Å². The van der Waals surface area contributed by atoms with Crippen LogP contribution >= 0.6 is 23.2 Å². The lowest BCUT2D eigenvalue weighted by molar-refractivity contribution is -0.122. The van der Waals surface area contributed by atoms with Crippen molar-refractivity contribution in [1.29, 1.82) is 0 Å². The summed E-state index contributed by atoms with van der Waals surface area (Å²) in [5.74, 6) is -0.376. The highest BCUT2D eigenvalue weighted by Crippen LogP contribution is 2.22. The molecule has 0 fully saturated rings. The number of ether oxygens (including phenoxy) is 1. The molecule has 1 N–H and O–H groups in total. The third kappa shape index (κ3) is 4.36. The van der Waals surface area contributed by atoms with E-state index in [1.807, 2.05) is 6.92 Å². The first-order valence-electron chi connectivity index (χ1n) is 6.67. The lowest BCUT2D eigenvalue weighted by Crippen LogP contribution is -2.32. The summed E-state index contributed by atoms with van der Waals surface area (Å²) in [4.78, 5) is 12.2. The Morgan fingerprint density at radius 2 is 2.05 bits per heavy atom. The monoisotopic (exact) mass is 341 g/mol. The number of halogens is 3. The SMILES string of the molecule is CC[C@H](Oc1cccc(Cl)c1)C(=O)Nc1ccc(F)c(Cl)c1. The highest BCUT2D eigenvalue weighted by atomic mass is 35.5. The van der Waals surface area contributed by atoms with E-state index in [1.54, 1.807) is 24.3 Å². The van der Waals surface area contributed by atoms with Gasteiger partial charge >= 0.3 is 0 Å². The van der Waals surface area contributed by atoms with Crippen LogP contribution in [0.4, 0.5) is 10.1 Å². The summed E-state index contributed by atoms with van der Waals surface area (Å²) in [6.07, 6.45) is -0.227. The van der Waals surface area contributed by atoms with Crippen molar-refractivity contribution in [3.8, 4) is 5.75 Å². The normalized spacial score (nSPS) is 11.8. The van der Waals surface area contributed by atoms with Gasteiger partial charge in [-0.15, -0.1) is 0 Å². The van der Waals surface area contributed by atoms with E-state index < -0.39 is 11.9 Å². The summed E-state index contributed by atoms with van der Waals surface area (Å²) in [5, 5.41) is 3.12. The van der Waals surface area contributed by atoms with Crippen LogP contribution in [0.5, 0.6) is 5.75 Å². The molecule has 2 aromatic rings. The number of rotatable bonds is 5. The molecule has 1 amide bonds. The molecule has 0 saturated carbocycles. The van der Waals surface area contributed by atoms with E-state index in [0.29, 0.717) is 22.9 Å². The number of hydrogen-bond donors (Lipinski definition) is 1. The number of hydrogen-bond acceptors (Lipinski definition) is 2. The Morgan fingerprint density at radius 1 is 1.27 bits per heavy atom. The Bertz CT molecular complexity index is 679. The third-order valence-electron chi connectivity index (χ3n) is 2.92. The molecule has 3 nitrogen and oxygen atoms in total. The van der Waals surface area contributed by atoms with E-state index in [9.17, 15) is 9.18 Å². The maximum absolute atomic E-state index is 13.1. The minimum atomic E-state index is -0.692. The quantitative estimate of drug-likeness (QED) is 0.837. The molecule has 0 spiro atoms. The zero-order valence-corrected chi connectivity index (χ0v) is 13.3. The van der Waals surface area contributed by atoms with Gasteiger partial charge in [-0.2, -0.15) is 0 Å². The van der Waals surface area contributed by atoms with E-state index >= 15 is 0 Å². The van der Waals surface area contributed by atoms with Gasteiger partial charge in [0.15, 0.2) is 6.10 Å². The molecular weight excluding hydrogens is 328 g/mol. The van der Waals surface area contributed by atoms with Crippen molar-refractivity contribution in [3.63, 3.8) is 0 Å². The minimum Gasteiger partial charge on any atom is -0.481 e. The number of amides is 1. The van der Waals surface area contributed by atoms with Crippen molar-refractivity contribution in [2.45, 2.75) is 19.4 Å². The van der Waals surface area contributed by atoms with Gasteiger partial charge in [-0.3, -0.25) is 4.79 Å². The second-order valence-electron chi connectivity index (χ2n) is 4.59. The number of anilines is 1. The van der Waals surface area contributed by atoms with Crippen molar-refractivity contribution >= 4 is 34.8 Å². The molecule has 116 valence electrons. The molecule has 0 saturated heterocycles. The Balaban J connectivity index is 2.06. The molecule has 22 heavy (non-hydrogen) atoms. The Labute approximate surface area is 138 Å². The van der Waals surface area contributed by atoms with Gasteiger partial charge in [-0.25, -0.2) is 4.39 Å². The summed E-state index contributed by atoms with van der Waals surface area (Å²) in [6.45, 7) is 1.83. The standard InChI is InChI=1S/C16H14Cl2FNO2/c1-2-15(22-12-5-3-4-10(17)8-12)16(21)20-11-6-7-14(19)13(18)9-11/h3-9,15H,2H2,1H3,(H,20,21)/t15-/m0/s1. The van der Waals surface area contributed by atoms with Gasteiger partial charge < -0.3 is 10.1 Å². The number of benzene rings is 2. The molecule has 0 aliphatic carbocycles. The first-order valence-corrected chi connectivity index (χ1v) is 7.43. The summed E-state index contributed by atoms with van der Waals surface area (Å²) >= 11 is 11.6. The molecule has 0 heterocycles. The van der Waals surface area contributed by atoms with Crippen LogP contribution in [0.2, 0.25) is 10.0 Å². The Morgan fingerprint density at radius 3 is 2.68 bits per heavy atom. The molecular formula is C16H14Cl2FNO2. The fraction of sp³-hybridized carbons (Fsp3) is 0.188. The van der Waals surface area contributed by atoms with Crippen molar-refractivity contribution in [2.24, 2.45) is 0 Å². The maximum atomic E-state index is 13.1. The van der Waals surface area contributed by atoms with Gasteiger partial charge in [-0.05, 0) is 42.8 Å². The van der Waals surface area contributed by atoms with Gasteiger partial charge in [0.2, 0.25) is 0 Å². The van der Waals surface area contributed by atoms with Crippen LogP contribution in [0, 0.1) is 5.82 Å². The topological polar surface area (TPSA) is 38.3 Å². The highest BCUT2D eigenvalue weighted by Gasteiger charge is 2.19. The fourth-order valence-electron chi connectivity index (χ4n) is 1.82. The van der Waals surface area contributed by atoms with Crippen molar-refractivity contribution in [2.75, 3.05) is 5.32 Å². The fourth-order valence-corrected chi connectivity index (χ4v) is 2.18. The van der Waals surface area contributed by atoms with Crippen LogP contribution in [-0.2, 0) is 4.79 Å². The van der Waals surface area contributed by atoms with E-state index in [1.165, 1.54) is 18.2 Å². The molecule has 0 radical (unpaired) electrons. The Kier molecular flexibility index (Phi) is 5.63. The van der Waals surface area contributed by atoms with Crippen LogP contribution < -0.4 is 10.1 Å². The lowest BCUT2D eigenvalue weighted by Gasteiger charge is -2.17. The number of nitrogens with one attached hydrogen (secondary N) is 1. The average Bonchev–Trinajstić information content (AvgIpc) is 2.48. The number of carbonyl (C=O) groups excluding carboxylic acids is 1. The molecule has 1 atom stereocenters. The predicted molar refractivity (Wildman–Crippen MR) is 86.2 cm³/mol. The largest absolute Gasteiger partial charge is 0.481 e. The van der Waals surface area contributed by atoms with Crippen LogP contribution in [-0.4, -0.2) is 12.0 Å². The molecule has 0 unspecified atom stereocenters. The van der Waals surface area contributed by atoms with Gasteiger partial charge in [-0.1, -0.05) is 36.2 Å². The summed E-state index contributed by atoms with van der Waals surface area (Å²) in [7, 11) is 0. The van der Waals surface area contributed by atoms with E-state index in [2.05, 4.69) is 5.32 Å². The van der Waals surface area contributed by atoms with Crippen LogP contribution in [0.25, 0.3) is 0 Å². The molecule has 2 rings (SSSR count). The zero-order valence-electron chi connectivity index (χ0n) is 11.8. The van der Waals surface area contributed by atoms with Gasteiger partial charge in [0.25, 0.3) is 5.91 Å². The third-order valence-corrected chi connectivity index (χ3v) is 3.45. The van der Waals surface area contributed by atoms with Gasteiger partial charge in [0, 0.05) is 10.7 Å². The number of carbonyl (C=O) groups is 1.